The minimum absolute atomic E-state index is 0.289. The fraction of sp³-hybridized carbons (Fsp3) is 0.136. The summed E-state index contributed by atoms with van der Waals surface area (Å²) in [4.78, 5) is 28.0. The fourth-order valence-electron chi connectivity index (χ4n) is 2.58. The van der Waals surface area contributed by atoms with E-state index in [2.05, 4.69) is 20.4 Å². The van der Waals surface area contributed by atoms with Crippen LogP contribution in [0.25, 0.3) is 0 Å². The molecule has 0 saturated heterocycles. The van der Waals surface area contributed by atoms with Crippen LogP contribution in [0.1, 0.15) is 26.4 Å². The summed E-state index contributed by atoms with van der Waals surface area (Å²) >= 11 is 0. The predicted molar refractivity (Wildman–Crippen MR) is 110 cm³/mol. The maximum Gasteiger partial charge on any atom is 0.337 e. The largest absolute Gasteiger partial charge is 0.497 e. The van der Waals surface area contributed by atoms with E-state index in [9.17, 15) is 9.59 Å². The maximum absolute atomic E-state index is 12.3. The molecule has 0 spiro atoms. The Balaban J connectivity index is 1.56. The van der Waals surface area contributed by atoms with Crippen molar-refractivity contribution in [3.8, 4) is 5.75 Å². The molecule has 3 rings (SSSR count). The molecule has 0 bridgehead atoms. The highest BCUT2D eigenvalue weighted by Gasteiger charge is 2.09. The number of esters is 1. The van der Waals surface area contributed by atoms with Crippen LogP contribution < -0.4 is 15.4 Å². The third kappa shape index (κ3) is 5.32. The number of methoxy groups -OCH3 is 2. The van der Waals surface area contributed by atoms with Crippen LogP contribution in [0.3, 0.4) is 0 Å². The number of pyridine rings is 1. The monoisotopic (exact) mass is 391 g/mol. The number of rotatable bonds is 7. The zero-order chi connectivity index (χ0) is 20.6. The highest BCUT2D eigenvalue weighted by Crippen LogP contribution is 2.15. The van der Waals surface area contributed by atoms with E-state index >= 15 is 0 Å². The molecular formula is C22H21N3O4. The summed E-state index contributed by atoms with van der Waals surface area (Å²) in [6.45, 7) is 0.629. The van der Waals surface area contributed by atoms with Gasteiger partial charge in [-0.3, -0.25) is 4.79 Å². The summed E-state index contributed by atoms with van der Waals surface area (Å²) in [5.41, 5.74) is 3.17. The lowest BCUT2D eigenvalue weighted by atomic mass is 10.2. The van der Waals surface area contributed by atoms with Gasteiger partial charge in [-0.25, -0.2) is 9.78 Å². The van der Waals surface area contributed by atoms with Gasteiger partial charge in [0.25, 0.3) is 5.91 Å². The van der Waals surface area contributed by atoms with Crippen molar-refractivity contribution < 1.29 is 19.1 Å². The van der Waals surface area contributed by atoms with Crippen molar-refractivity contribution in [1.82, 2.24) is 4.98 Å². The van der Waals surface area contributed by atoms with E-state index in [0.29, 0.717) is 17.8 Å². The van der Waals surface area contributed by atoms with E-state index in [4.69, 9.17) is 4.74 Å². The zero-order valence-electron chi connectivity index (χ0n) is 16.1. The number of nitrogens with one attached hydrogen (secondary N) is 2. The van der Waals surface area contributed by atoms with Crippen LogP contribution in [-0.2, 0) is 11.3 Å². The summed E-state index contributed by atoms with van der Waals surface area (Å²) < 4.78 is 9.79. The SMILES string of the molecule is COC(=O)c1ccc(NC(=O)c2ccc(NCc3ccc(OC)cc3)cn2)cc1. The molecule has 0 unspecified atom stereocenters. The first kappa shape index (κ1) is 19.9. The van der Waals surface area contributed by atoms with E-state index in [1.807, 2.05) is 24.3 Å². The van der Waals surface area contributed by atoms with Gasteiger partial charge < -0.3 is 20.1 Å². The Kier molecular flexibility index (Phi) is 6.42. The summed E-state index contributed by atoms with van der Waals surface area (Å²) in [5, 5.41) is 6.00. The Morgan fingerprint density at radius 2 is 1.59 bits per heavy atom. The standard InChI is InChI=1S/C22H21N3O4/c1-28-19-10-3-15(4-11-19)13-23-18-9-12-20(24-14-18)21(26)25-17-7-5-16(6-8-17)22(27)29-2/h3-12,14,23H,13H2,1-2H3,(H,25,26). The van der Waals surface area contributed by atoms with E-state index < -0.39 is 5.97 Å². The molecule has 7 heteroatoms. The van der Waals surface area contributed by atoms with Crippen LogP contribution >= 0.6 is 0 Å². The molecule has 2 aromatic carbocycles. The van der Waals surface area contributed by atoms with E-state index in [0.717, 1.165) is 17.0 Å². The second-order valence-electron chi connectivity index (χ2n) is 6.16. The van der Waals surface area contributed by atoms with Crippen molar-refractivity contribution >= 4 is 23.3 Å². The Morgan fingerprint density at radius 1 is 0.897 bits per heavy atom. The predicted octanol–water partition coefficient (Wildman–Crippen LogP) is 3.74. The number of aromatic nitrogens is 1. The molecule has 3 aromatic rings. The second-order valence-corrected chi connectivity index (χ2v) is 6.16. The van der Waals surface area contributed by atoms with Gasteiger partial charge in [0.15, 0.2) is 0 Å². The van der Waals surface area contributed by atoms with Gasteiger partial charge in [-0.15, -0.1) is 0 Å². The Hall–Kier alpha value is -3.87. The van der Waals surface area contributed by atoms with Gasteiger partial charge in [0.2, 0.25) is 0 Å². The molecule has 29 heavy (non-hydrogen) atoms. The van der Waals surface area contributed by atoms with Crippen LogP contribution in [0.2, 0.25) is 0 Å². The van der Waals surface area contributed by atoms with Gasteiger partial charge in [0.1, 0.15) is 11.4 Å². The summed E-state index contributed by atoms with van der Waals surface area (Å²) in [6.07, 6.45) is 1.61. The highest BCUT2D eigenvalue weighted by atomic mass is 16.5. The van der Waals surface area contributed by atoms with Crippen LogP contribution in [0, 0.1) is 0 Å². The van der Waals surface area contributed by atoms with Crippen molar-refractivity contribution in [2.75, 3.05) is 24.9 Å². The molecule has 1 heterocycles. The number of hydrogen-bond acceptors (Lipinski definition) is 6. The molecule has 2 N–H and O–H groups in total. The minimum atomic E-state index is -0.428. The number of carbonyl (C=O) groups excluding carboxylic acids is 2. The van der Waals surface area contributed by atoms with E-state index in [1.54, 1.807) is 49.7 Å². The Labute approximate surface area is 168 Å². The lowest BCUT2D eigenvalue weighted by molar-refractivity contribution is 0.0600. The van der Waals surface area contributed by atoms with Crippen LogP contribution in [0.15, 0.2) is 66.9 Å². The highest BCUT2D eigenvalue weighted by molar-refractivity contribution is 6.03. The van der Waals surface area contributed by atoms with Crippen molar-refractivity contribution in [2.45, 2.75) is 6.54 Å². The van der Waals surface area contributed by atoms with Crippen LogP contribution in [0.5, 0.6) is 5.75 Å². The van der Waals surface area contributed by atoms with Gasteiger partial charge in [0.05, 0.1) is 31.7 Å². The van der Waals surface area contributed by atoms with Crippen molar-refractivity contribution in [3.05, 3.63) is 83.7 Å². The smallest absolute Gasteiger partial charge is 0.337 e. The molecular weight excluding hydrogens is 370 g/mol. The average Bonchev–Trinajstić information content (AvgIpc) is 2.78. The number of hydrogen-bond donors (Lipinski definition) is 2. The lowest BCUT2D eigenvalue weighted by Gasteiger charge is -2.09. The molecule has 0 aliphatic carbocycles. The van der Waals surface area contributed by atoms with E-state index in [-0.39, 0.29) is 11.6 Å². The molecule has 148 valence electrons. The number of nitrogens with zero attached hydrogens (tertiary/aromatic N) is 1. The molecule has 0 aliphatic heterocycles. The molecule has 0 aliphatic rings. The Bertz CT molecular complexity index is 968. The normalized spacial score (nSPS) is 10.1. The van der Waals surface area contributed by atoms with Crippen molar-refractivity contribution in [1.29, 1.82) is 0 Å². The van der Waals surface area contributed by atoms with Gasteiger partial charge in [0, 0.05) is 12.2 Å². The molecule has 7 nitrogen and oxygen atoms in total. The van der Waals surface area contributed by atoms with Gasteiger partial charge in [-0.2, -0.15) is 0 Å². The molecule has 0 fully saturated rings. The first-order chi connectivity index (χ1) is 14.1. The number of benzene rings is 2. The van der Waals surface area contributed by atoms with Crippen LogP contribution in [0.4, 0.5) is 11.4 Å². The molecule has 0 atom stereocenters. The number of amides is 1. The summed E-state index contributed by atoms with van der Waals surface area (Å²) in [7, 11) is 2.95. The molecule has 0 radical (unpaired) electrons. The van der Waals surface area contributed by atoms with Crippen LogP contribution in [-0.4, -0.2) is 31.1 Å². The fourth-order valence-corrected chi connectivity index (χ4v) is 2.58. The quantitative estimate of drug-likeness (QED) is 0.597. The maximum atomic E-state index is 12.3. The van der Waals surface area contributed by atoms with Gasteiger partial charge in [-0.1, -0.05) is 12.1 Å². The lowest BCUT2D eigenvalue weighted by Crippen LogP contribution is -2.14. The summed E-state index contributed by atoms with van der Waals surface area (Å²) in [6, 6.07) is 17.6. The summed E-state index contributed by atoms with van der Waals surface area (Å²) in [5.74, 6) is 0.0468. The number of ether oxygens (including phenoxy) is 2. The van der Waals surface area contributed by atoms with Gasteiger partial charge >= 0.3 is 5.97 Å². The molecule has 0 saturated carbocycles. The van der Waals surface area contributed by atoms with E-state index in [1.165, 1.54) is 7.11 Å². The third-order valence-electron chi connectivity index (χ3n) is 4.22. The zero-order valence-corrected chi connectivity index (χ0v) is 16.1. The first-order valence-electron chi connectivity index (χ1n) is 8.91. The molecule has 1 amide bonds. The Morgan fingerprint density at radius 3 is 2.17 bits per heavy atom. The number of anilines is 2. The number of carbonyl (C=O) groups is 2. The first-order valence-corrected chi connectivity index (χ1v) is 8.91. The van der Waals surface area contributed by atoms with Crippen molar-refractivity contribution in [2.24, 2.45) is 0 Å². The third-order valence-corrected chi connectivity index (χ3v) is 4.22. The topological polar surface area (TPSA) is 89.5 Å². The van der Waals surface area contributed by atoms with Gasteiger partial charge in [-0.05, 0) is 54.1 Å². The average molecular weight is 391 g/mol. The molecule has 1 aromatic heterocycles. The second kappa shape index (κ2) is 9.36. The van der Waals surface area contributed by atoms with Crippen molar-refractivity contribution in [3.63, 3.8) is 0 Å². The minimum Gasteiger partial charge on any atom is -0.497 e.